The molecule has 0 heterocycles. The van der Waals surface area contributed by atoms with Gasteiger partial charge in [0.1, 0.15) is 0 Å². The molecule has 0 spiro atoms. The van der Waals surface area contributed by atoms with E-state index in [9.17, 15) is 4.79 Å². The average molecular weight is 306 g/mol. The van der Waals surface area contributed by atoms with Gasteiger partial charge in [-0.2, -0.15) is 0 Å². The van der Waals surface area contributed by atoms with E-state index in [0.29, 0.717) is 0 Å². The molecule has 18 heavy (non-hydrogen) atoms. The topological polar surface area (TPSA) is 29.1 Å². The van der Waals surface area contributed by atoms with Gasteiger partial charge in [0.25, 0.3) is 0 Å². The fraction of sp³-hybridized carbons (Fsp3) is 0.267. The van der Waals surface area contributed by atoms with Gasteiger partial charge in [0.15, 0.2) is 0 Å². The molecule has 94 valence electrons. The summed E-state index contributed by atoms with van der Waals surface area (Å²) in [5, 5.41) is 5.23. The summed E-state index contributed by atoms with van der Waals surface area (Å²) in [4.78, 5) is 11.8. The molecule has 0 saturated heterocycles. The van der Waals surface area contributed by atoms with Crippen molar-refractivity contribution >= 4 is 38.3 Å². The van der Waals surface area contributed by atoms with Crippen LogP contribution < -0.4 is 5.32 Å². The molecule has 0 saturated carbocycles. The highest BCUT2D eigenvalue weighted by atomic mass is 79.9. The van der Waals surface area contributed by atoms with Gasteiger partial charge in [-0.05, 0) is 41.5 Å². The molecule has 2 rings (SSSR count). The van der Waals surface area contributed by atoms with Gasteiger partial charge in [-0.3, -0.25) is 4.79 Å². The zero-order valence-electron chi connectivity index (χ0n) is 10.5. The molecule has 1 N–H and O–H groups in total. The van der Waals surface area contributed by atoms with E-state index in [4.69, 9.17) is 0 Å². The van der Waals surface area contributed by atoms with Gasteiger partial charge in [-0.15, -0.1) is 0 Å². The molecule has 0 aliphatic heterocycles. The van der Waals surface area contributed by atoms with E-state index in [0.717, 1.165) is 27.4 Å². The van der Waals surface area contributed by atoms with Crippen LogP contribution in [0.3, 0.4) is 0 Å². The number of fused-ring (bicyclic) bond motifs is 1. The molecule has 1 amide bonds. The monoisotopic (exact) mass is 305 g/mol. The van der Waals surface area contributed by atoms with Gasteiger partial charge in [0.2, 0.25) is 5.91 Å². The first-order valence-corrected chi connectivity index (χ1v) is 6.89. The zero-order chi connectivity index (χ0) is 13.1. The quantitative estimate of drug-likeness (QED) is 0.883. The van der Waals surface area contributed by atoms with E-state index >= 15 is 0 Å². The first-order chi connectivity index (χ1) is 8.60. The number of amides is 1. The third-order valence-corrected chi connectivity index (χ3v) is 3.62. The van der Waals surface area contributed by atoms with E-state index in [-0.39, 0.29) is 11.8 Å². The summed E-state index contributed by atoms with van der Waals surface area (Å²) < 4.78 is 1.06. The Labute approximate surface area is 116 Å². The summed E-state index contributed by atoms with van der Waals surface area (Å²) >= 11 is 3.45. The van der Waals surface area contributed by atoms with Crippen LogP contribution in [0.1, 0.15) is 20.3 Å². The molecule has 1 atom stereocenters. The molecule has 0 aromatic heterocycles. The second kappa shape index (κ2) is 5.53. The third-order valence-electron chi connectivity index (χ3n) is 3.13. The minimum Gasteiger partial charge on any atom is -0.326 e. The van der Waals surface area contributed by atoms with E-state index in [1.165, 1.54) is 0 Å². The zero-order valence-corrected chi connectivity index (χ0v) is 12.1. The van der Waals surface area contributed by atoms with Crippen LogP contribution in [-0.2, 0) is 4.79 Å². The third kappa shape index (κ3) is 2.91. The minimum absolute atomic E-state index is 0.0469. The molecule has 0 fully saturated rings. The Morgan fingerprint density at radius 3 is 2.61 bits per heavy atom. The lowest BCUT2D eigenvalue weighted by Crippen LogP contribution is -2.19. The van der Waals surface area contributed by atoms with Crippen LogP contribution in [0.4, 0.5) is 5.69 Å². The van der Waals surface area contributed by atoms with Crippen LogP contribution in [0, 0.1) is 5.92 Å². The minimum atomic E-state index is 0.0469. The van der Waals surface area contributed by atoms with E-state index < -0.39 is 0 Å². The van der Waals surface area contributed by atoms with Gasteiger partial charge in [-0.1, -0.05) is 41.9 Å². The van der Waals surface area contributed by atoms with Gasteiger partial charge in [0, 0.05) is 16.1 Å². The van der Waals surface area contributed by atoms with Crippen molar-refractivity contribution in [3.63, 3.8) is 0 Å². The summed E-state index contributed by atoms with van der Waals surface area (Å²) in [6.07, 6.45) is 0.854. The maximum absolute atomic E-state index is 11.8. The molecular formula is C15H16BrNO. The lowest BCUT2D eigenvalue weighted by molar-refractivity contribution is -0.119. The van der Waals surface area contributed by atoms with E-state index in [1.807, 2.05) is 44.2 Å². The summed E-state index contributed by atoms with van der Waals surface area (Å²) in [5.74, 6) is 0.125. The van der Waals surface area contributed by atoms with Crippen LogP contribution in [0.15, 0.2) is 40.9 Å². The fourth-order valence-electron chi connectivity index (χ4n) is 1.75. The molecule has 0 aliphatic carbocycles. The lowest BCUT2D eigenvalue weighted by Gasteiger charge is -2.10. The standard InChI is InChI=1S/C15H16BrNO/c1-3-10(2)15(18)17-14-7-5-11-8-13(16)6-4-12(11)9-14/h4-10H,3H2,1-2H3,(H,17,18). The summed E-state index contributed by atoms with van der Waals surface area (Å²) in [6, 6.07) is 12.1. The Bertz CT molecular complexity index is 580. The van der Waals surface area contributed by atoms with Crippen molar-refractivity contribution in [1.82, 2.24) is 0 Å². The summed E-state index contributed by atoms with van der Waals surface area (Å²) in [5.41, 5.74) is 0.857. The molecule has 2 aromatic carbocycles. The number of nitrogens with one attached hydrogen (secondary N) is 1. The van der Waals surface area contributed by atoms with Crippen molar-refractivity contribution in [2.75, 3.05) is 5.32 Å². The van der Waals surface area contributed by atoms with Crippen LogP contribution in [0.25, 0.3) is 10.8 Å². The first-order valence-electron chi connectivity index (χ1n) is 6.10. The number of anilines is 1. The fourth-order valence-corrected chi connectivity index (χ4v) is 2.12. The number of halogens is 1. The van der Waals surface area contributed by atoms with E-state index in [2.05, 4.69) is 27.3 Å². The van der Waals surface area contributed by atoms with Crippen molar-refractivity contribution in [3.8, 4) is 0 Å². The molecule has 0 radical (unpaired) electrons. The molecule has 3 heteroatoms. The second-order valence-electron chi connectivity index (χ2n) is 4.50. The lowest BCUT2D eigenvalue weighted by atomic mass is 10.1. The van der Waals surface area contributed by atoms with Crippen LogP contribution in [0.5, 0.6) is 0 Å². The smallest absolute Gasteiger partial charge is 0.227 e. The Kier molecular flexibility index (Phi) is 4.02. The van der Waals surface area contributed by atoms with Crippen LogP contribution >= 0.6 is 15.9 Å². The highest BCUT2D eigenvalue weighted by molar-refractivity contribution is 9.10. The molecular weight excluding hydrogens is 290 g/mol. The van der Waals surface area contributed by atoms with Crippen molar-refractivity contribution in [3.05, 3.63) is 40.9 Å². The molecule has 2 nitrogen and oxygen atoms in total. The number of rotatable bonds is 3. The second-order valence-corrected chi connectivity index (χ2v) is 5.42. The number of carbonyl (C=O) groups is 1. The number of benzene rings is 2. The Hall–Kier alpha value is -1.35. The van der Waals surface area contributed by atoms with Crippen molar-refractivity contribution in [1.29, 1.82) is 0 Å². The van der Waals surface area contributed by atoms with Crippen molar-refractivity contribution < 1.29 is 4.79 Å². The molecule has 2 aromatic rings. The average Bonchev–Trinajstić information content (AvgIpc) is 2.38. The number of carbonyl (C=O) groups excluding carboxylic acids is 1. The summed E-state index contributed by atoms with van der Waals surface area (Å²) in [6.45, 7) is 3.95. The first kappa shape index (κ1) is 13.1. The number of hydrogen-bond donors (Lipinski definition) is 1. The van der Waals surface area contributed by atoms with Gasteiger partial charge in [0.05, 0.1) is 0 Å². The van der Waals surface area contributed by atoms with E-state index in [1.54, 1.807) is 0 Å². The van der Waals surface area contributed by atoms with Gasteiger partial charge in [-0.25, -0.2) is 0 Å². The summed E-state index contributed by atoms with van der Waals surface area (Å²) in [7, 11) is 0. The Balaban J connectivity index is 2.25. The van der Waals surface area contributed by atoms with Crippen molar-refractivity contribution in [2.45, 2.75) is 20.3 Å². The molecule has 0 aliphatic rings. The van der Waals surface area contributed by atoms with Crippen LogP contribution in [-0.4, -0.2) is 5.91 Å². The normalized spacial score (nSPS) is 12.4. The highest BCUT2D eigenvalue weighted by Gasteiger charge is 2.10. The predicted molar refractivity (Wildman–Crippen MR) is 79.7 cm³/mol. The highest BCUT2D eigenvalue weighted by Crippen LogP contribution is 2.23. The van der Waals surface area contributed by atoms with Crippen LogP contribution in [0.2, 0.25) is 0 Å². The molecule has 1 unspecified atom stereocenters. The largest absolute Gasteiger partial charge is 0.326 e. The SMILES string of the molecule is CCC(C)C(=O)Nc1ccc2cc(Br)ccc2c1. The maximum Gasteiger partial charge on any atom is 0.227 e. The van der Waals surface area contributed by atoms with Gasteiger partial charge < -0.3 is 5.32 Å². The predicted octanol–water partition coefficient (Wildman–Crippen LogP) is 4.59. The Morgan fingerprint density at radius 2 is 1.89 bits per heavy atom. The van der Waals surface area contributed by atoms with Crippen molar-refractivity contribution in [2.24, 2.45) is 5.92 Å². The Morgan fingerprint density at radius 1 is 1.22 bits per heavy atom. The maximum atomic E-state index is 11.8. The molecule has 0 bridgehead atoms. The van der Waals surface area contributed by atoms with Gasteiger partial charge >= 0.3 is 0 Å². The number of hydrogen-bond acceptors (Lipinski definition) is 1.